The van der Waals surface area contributed by atoms with Crippen LogP contribution < -0.4 is 0 Å². The Morgan fingerprint density at radius 1 is 1.48 bits per heavy atom. The van der Waals surface area contributed by atoms with Crippen molar-refractivity contribution in [1.82, 2.24) is 20.0 Å². The third-order valence-corrected chi connectivity index (χ3v) is 5.18. The van der Waals surface area contributed by atoms with E-state index in [4.69, 9.17) is 9.47 Å². The smallest absolute Gasteiger partial charge is 0.255 e. The largest absolute Gasteiger partial charge is 0.377 e. The molecular weight excluding hydrogens is 320 g/mol. The zero-order valence-corrected chi connectivity index (χ0v) is 15.4. The molecule has 3 rings (SSSR count). The van der Waals surface area contributed by atoms with Crippen LogP contribution in [0.3, 0.4) is 0 Å². The monoisotopic (exact) mass is 348 g/mol. The molecule has 1 amide bonds. The minimum atomic E-state index is -0.394. The Bertz CT molecular complexity index is 583. The maximum absolute atomic E-state index is 12.8. The second-order valence-electron chi connectivity index (χ2n) is 7.51. The van der Waals surface area contributed by atoms with Crippen molar-refractivity contribution in [3.05, 3.63) is 24.0 Å². The molecule has 25 heavy (non-hydrogen) atoms. The Morgan fingerprint density at radius 2 is 2.32 bits per heavy atom. The Hall–Kier alpha value is -1.57. The standard InChI is InChI=1S/C18H28N4O3/c1-14(2)21(3)10-15-8-18(25-11-15)12-22(6-7-24-13-18)17(23)16-4-5-19-20-9-16/h4-5,9,14-15H,6-8,10-13H2,1-3H3. The van der Waals surface area contributed by atoms with Gasteiger partial charge in [0.2, 0.25) is 0 Å². The molecule has 1 aromatic heterocycles. The lowest BCUT2D eigenvalue weighted by Gasteiger charge is -2.31. The first-order valence-corrected chi connectivity index (χ1v) is 8.97. The molecule has 1 spiro atoms. The molecule has 0 N–H and O–H groups in total. The number of ether oxygens (including phenoxy) is 2. The molecule has 2 saturated heterocycles. The van der Waals surface area contributed by atoms with Crippen molar-refractivity contribution in [3.63, 3.8) is 0 Å². The fourth-order valence-electron chi connectivity index (χ4n) is 3.56. The fourth-order valence-corrected chi connectivity index (χ4v) is 3.56. The van der Waals surface area contributed by atoms with Crippen molar-refractivity contribution >= 4 is 5.91 Å². The molecule has 0 saturated carbocycles. The van der Waals surface area contributed by atoms with Gasteiger partial charge in [0, 0.05) is 19.1 Å². The van der Waals surface area contributed by atoms with E-state index >= 15 is 0 Å². The molecular formula is C18H28N4O3. The van der Waals surface area contributed by atoms with Gasteiger partial charge in [-0.25, -0.2) is 0 Å². The maximum atomic E-state index is 12.8. The summed E-state index contributed by atoms with van der Waals surface area (Å²) in [6.45, 7) is 8.34. The van der Waals surface area contributed by atoms with Gasteiger partial charge in [-0.1, -0.05) is 0 Å². The molecule has 0 radical (unpaired) electrons. The van der Waals surface area contributed by atoms with E-state index in [9.17, 15) is 4.79 Å². The van der Waals surface area contributed by atoms with E-state index in [1.165, 1.54) is 6.20 Å². The van der Waals surface area contributed by atoms with Crippen molar-refractivity contribution in [2.75, 3.05) is 46.5 Å². The Kier molecular flexibility index (Phi) is 5.66. The summed E-state index contributed by atoms with van der Waals surface area (Å²) in [6, 6.07) is 2.21. The van der Waals surface area contributed by atoms with E-state index in [0.717, 1.165) is 19.6 Å². The van der Waals surface area contributed by atoms with Crippen LogP contribution in [-0.4, -0.2) is 84.0 Å². The van der Waals surface area contributed by atoms with E-state index in [2.05, 4.69) is 36.0 Å². The van der Waals surface area contributed by atoms with Crippen molar-refractivity contribution in [2.45, 2.75) is 31.9 Å². The average Bonchev–Trinajstić information content (AvgIpc) is 2.87. The average molecular weight is 348 g/mol. The van der Waals surface area contributed by atoms with Gasteiger partial charge in [0.1, 0.15) is 5.60 Å². The number of carbonyl (C=O) groups is 1. The van der Waals surface area contributed by atoms with Crippen LogP contribution >= 0.6 is 0 Å². The van der Waals surface area contributed by atoms with E-state index < -0.39 is 5.60 Å². The first-order chi connectivity index (χ1) is 12.0. The van der Waals surface area contributed by atoms with Gasteiger partial charge in [-0.15, -0.1) is 0 Å². The SMILES string of the molecule is CC(C)N(C)CC1COC2(COCCN(C(=O)c3ccnnc3)C2)C1. The molecule has 7 nitrogen and oxygen atoms in total. The number of nitrogens with zero attached hydrogens (tertiary/aromatic N) is 4. The molecule has 0 bridgehead atoms. The summed E-state index contributed by atoms with van der Waals surface area (Å²) in [5, 5.41) is 7.55. The number of hydrogen-bond acceptors (Lipinski definition) is 6. The van der Waals surface area contributed by atoms with Gasteiger partial charge in [-0.3, -0.25) is 4.79 Å². The molecule has 2 unspecified atom stereocenters. The summed E-state index contributed by atoms with van der Waals surface area (Å²) in [7, 11) is 2.14. The van der Waals surface area contributed by atoms with Gasteiger partial charge in [-0.05, 0) is 39.3 Å². The highest BCUT2D eigenvalue weighted by Crippen LogP contribution is 2.33. The van der Waals surface area contributed by atoms with Crippen LogP contribution in [-0.2, 0) is 9.47 Å². The Balaban J connectivity index is 1.67. The van der Waals surface area contributed by atoms with Crippen molar-refractivity contribution in [3.8, 4) is 0 Å². The molecule has 1 aromatic rings. The Labute approximate surface area is 149 Å². The second-order valence-corrected chi connectivity index (χ2v) is 7.51. The topological polar surface area (TPSA) is 67.8 Å². The third kappa shape index (κ3) is 4.34. The summed E-state index contributed by atoms with van der Waals surface area (Å²) in [5.41, 5.74) is 0.163. The minimum absolute atomic E-state index is 0.0360. The molecule has 2 aliphatic heterocycles. The van der Waals surface area contributed by atoms with Gasteiger partial charge in [0.05, 0.1) is 44.3 Å². The van der Waals surface area contributed by atoms with Crippen LogP contribution in [0, 0.1) is 5.92 Å². The van der Waals surface area contributed by atoms with Gasteiger partial charge in [-0.2, -0.15) is 10.2 Å². The summed E-state index contributed by atoms with van der Waals surface area (Å²) in [5.74, 6) is 0.430. The number of amides is 1. The van der Waals surface area contributed by atoms with E-state index in [-0.39, 0.29) is 5.91 Å². The summed E-state index contributed by atoms with van der Waals surface area (Å²) in [4.78, 5) is 17.0. The van der Waals surface area contributed by atoms with E-state index in [0.29, 0.717) is 43.8 Å². The van der Waals surface area contributed by atoms with Crippen molar-refractivity contribution in [1.29, 1.82) is 0 Å². The zero-order valence-electron chi connectivity index (χ0n) is 15.4. The van der Waals surface area contributed by atoms with E-state index in [1.807, 2.05) is 4.90 Å². The van der Waals surface area contributed by atoms with Crippen molar-refractivity contribution in [2.24, 2.45) is 5.92 Å². The predicted octanol–water partition coefficient (Wildman–Crippen LogP) is 1.06. The van der Waals surface area contributed by atoms with Crippen LogP contribution in [0.25, 0.3) is 0 Å². The Morgan fingerprint density at radius 3 is 3.04 bits per heavy atom. The summed E-state index contributed by atoms with van der Waals surface area (Å²) < 4.78 is 12.0. The summed E-state index contributed by atoms with van der Waals surface area (Å²) >= 11 is 0. The lowest BCUT2D eigenvalue weighted by Crippen LogP contribution is -2.46. The molecule has 7 heteroatoms. The first kappa shape index (κ1) is 18.2. The number of carbonyl (C=O) groups excluding carboxylic acids is 1. The highest BCUT2D eigenvalue weighted by atomic mass is 16.5. The number of rotatable bonds is 4. The van der Waals surface area contributed by atoms with Crippen LogP contribution in [0.15, 0.2) is 18.5 Å². The highest BCUT2D eigenvalue weighted by molar-refractivity contribution is 5.93. The zero-order chi connectivity index (χ0) is 17.9. The van der Waals surface area contributed by atoms with Gasteiger partial charge >= 0.3 is 0 Å². The predicted molar refractivity (Wildman–Crippen MR) is 93.3 cm³/mol. The molecule has 0 aromatic carbocycles. The quantitative estimate of drug-likeness (QED) is 0.811. The van der Waals surface area contributed by atoms with Crippen LogP contribution in [0.1, 0.15) is 30.6 Å². The lowest BCUT2D eigenvalue weighted by molar-refractivity contribution is -0.0539. The number of aromatic nitrogens is 2. The third-order valence-electron chi connectivity index (χ3n) is 5.18. The van der Waals surface area contributed by atoms with Gasteiger partial charge in [0.15, 0.2) is 0 Å². The molecule has 2 aliphatic rings. The highest BCUT2D eigenvalue weighted by Gasteiger charge is 2.44. The van der Waals surface area contributed by atoms with Gasteiger partial charge in [0.25, 0.3) is 5.91 Å². The second kappa shape index (κ2) is 7.76. The first-order valence-electron chi connectivity index (χ1n) is 8.97. The summed E-state index contributed by atoms with van der Waals surface area (Å²) in [6.07, 6.45) is 3.97. The number of hydrogen-bond donors (Lipinski definition) is 0. The molecule has 138 valence electrons. The maximum Gasteiger partial charge on any atom is 0.255 e. The fraction of sp³-hybridized carbons (Fsp3) is 0.722. The van der Waals surface area contributed by atoms with Gasteiger partial charge < -0.3 is 19.3 Å². The normalized spacial score (nSPS) is 27.2. The van der Waals surface area contributed by atoms with Crippen LogP contribution in [0.2, 0.25) is 0 Å². The molecule has 2 atom stereocenters. The lowest BCUT2D eigenvalue weighted by atomic mass is 9.93. The van der Waals surface area contributed by atoms with Crippen LogP contribution in [0.4, 0.5) is 0 Å². The minimum Gasteiger partial charge on any atom is -0.377 e. The molecule has 0 aliphatic carbocycles. The molecule has 3 heterocycles. The van der Waals surface area contributed by atoms with Crippen LogP contribution in [0.5, 0.6) is 0 Å². The van der Waals surface area contributed by atoms with Crippen molar-refractivity contribution < 1.29 is 14.3 Å². The van der Waals surface area contributed by atoms with E-state index in [1.54, 1.807) is 12.3 Å². The molecule has 2 fully saturated rings.